The Hall–Kier alpha value is -0.610. The van der Waals surface area contributed by atoms with Crippen molar-refractivity contribution in [1.82, 2.24) is 4.98 Å². The Morgan fingerprint density at radius 3 is 2.67 bits per heavy atom. The van der Waals surface area contributed by atoms with Crippen molar-refractivity contribution in [1.29, 1.82) is 0 Å². The number of aliphatic hydroxyl groups excluding tert-OH is 1. The monoisotopic (exact) mass is 312 g/mol. The lowest BCUT2D eigenvalue weighted by Crippen LogP contribution is -2.45. The van der Waals surface area contributed by atoms with Crippen LogP contribution in [0.2, 0.25) is 0 Å². The first kappa shape index (κ1) is 13.8. The zero-order chi connectivity index (χ0) is 13.2. The van der Waals surface area contributed by atoms with E-state index in [0.717, 1.165) is 34.7 Å². The number of hydrogen-bond acceptors (Lipinski definition) is 3. The maximum atomic E-state index is 9.71. The third-order valence-electron chi connectivity index (χ3n) is 3.95. The predicted molar refractivity (Wildman–Crippen MR) is 77.7 cm³/mol. The van der Waals surface area contributed by atoms with Crippen molar-refractivity contribution < 1.29 is 5.11 Å². The minimum Gasteiger partial charge on any atom is -0.394 e. The van der Waals surface area contributed by atoms with E-state index in [9.17, 15) is 5.11 Å². The Balaban J connectivity index is 2.12. The molecular weight excluding hydrogens is 292 g/mol. The number of halogens is 1. The van der Waals surface area contributed by atoms with Crippen molar-refractivity contribution in [2.75, 3.05) is 11.9 Å². The van der Waals surface area contributed by atoms with Crippen LogP contribution in [0.4, 0.5) is 5.82 Å². The quantitative estimate of drug-likeness (QED) is 0.897. The van der Waals surface area contributed by atoms with Gasteiger partial charge in [0.1, 0.15) is 5.82 Å². The summed E-state index contributed by atoms with van der Waals surface area (Å²) in [4.78, 5) is 4.51. The van der Waals surface area contributed by atoms with E-state index in [2.05, 4.69) is 33.2 Å². The fourth-order valence-corrected chi connectivity index (χ4v) is 2.74. The summed E-state index contributed by atoms with van der Waals surface area (Å²) in [7, 11) is 0. The number of nitrogens with one attached hydrogen (secondary N) is 1. The van der Waals surface area contributed by atoms with E-state index in [1.54, 1.807) is 0 Å². The van der Waals surface area contributed by atoms with Gasteiger partial charge in [0.05, 0.1) is 17.8 Å². The molecular formula is C14H21BrN2O. The second-order valence-corrected chi connectivity index (χ2v) is 6.36. The molecule has 1 aromatic rings. The molecule has 1 aliphatic rings. The summed E-state index contributed by atoms with van der Waals surface area (Å²) in [5.74, 6) is 1.63. The molecule has 0 aliphatic heterocycles. The maximum absolute atomic E-state index is 9.71. The van der Waals surface area contributed by atoms with Gasteiger partial charge >= 0.3 is 0 Å². The number of pyridine rings is 1. The van der Waals surface area contributed by atoms with Gasteiger partial charge in [-0.1, -0.05) is 6.92 Å². The molecule has 0 amide bonds. The fourth-order valence-electron chi connectivity index (χ4n) is 2.52. The van der Waals surface area contributed by atoms with Crippen LogP contribution in [0.3, 0.4) is 0 Å². The molecule has 18 heavy (non-hydrogen) atoms. The highest BCUT2D eigenvalue weighted by Crippen LogP contribution is 2.34. The average molecular weight is 313 g/mol. The lowest BCUT2D eigenvalue weighted by molar-refractivity contribution is 0.155. The van der Waals surface area contributed by atoms with Gasteiger partial charge in [-0.15, -0.1) is 0 Å². The van der Waals surface area contributed by atoms with E-state index in [1.165, 1.54) is 12.8 Å². The molecule has 1 aromatic heterocycles. The minimum absolute atomic E-state index is 0.177. The smallest absolute Gasteiger partial charge is 0.126 e. The van der Waals surface area contributed by atoms with E-state index in [4.69, 9.17) is 0 Å². The van der Waals surface area contributed by atoms with Crippen molar-refractivity contribution in [3.63, 3.8) is 0 Å². The summed E-state index contributed by atoms with van der Waals surface area (Å²) in [6.45, 7) is 4.43. The van der Waals surface area contributed by atoms with Crippen LogP contribution < -0.4 is 5.32 Å². The van der Waals surface area contributed by atoms with E-state index in [-0.39, 0.29) is 12.1 Å². The first-order chi connectivity index (χ1) is 8.54. The average Bonchev–Trinajstić information content (AvgIpc) is 2.37. The lowest BCUT2D eigenvalue weighted by atomic mass is 9.77. The van der Waals surface area contributed by atoms with Gasteiger partial charge in [-0.2, -0.15) is 0 Å². The molecule has 0 spiro atoms. The fraction of sp³-hybridized carbons (Fsp3) is 0.643. The Labute approximate surface area is 117 Å². The normalized spacial score (nSPS) is 28.1. The summed E-state index contributed by atoms with van der Waals surface area (Å²) in [5, 5.41) is 13.2. The Morgan fingerprint density at radius 2 is 2.11 bits per heavy atom. The molecule has 1 aliphatic carbocycles. The van der Waals surface area contributed by atoms with Crippen LogP contribution in [0, 0.1) is 12.8 Å². The lowest BCUT2D eigenvalue weighted by Gasteiger charge is -2.39. The van der Waals surface area contributed by atoms with Gasteiger partial charge in [0.2, 0.25) is 0 Å². The van der Waals surface area contributed by atoms with Crippen LogP contribution in [0.15, 0.2) is 16.6 Å². The van der Waals surface area contributed by atoms with Crippen molar-refractivity contribution in [2.24, 2.45) is 5.92 Å². The first-order valence-corrected chi connectivity index (χ1v) is 7.36. The number of nitrogens with zero attached hydrogens (tertiary/aromatic N) is 1. The Bertz CT molecular complexity index is 414. The summed E-state index contributed by atoms with van der Waals surface area (Å²) in [5.41, 5.74) is 0.789. The second kappa shape index (κ2) is 5.57. The van der Waals surface area contributed by atoms with Gasteiger partial charge in [0.15, 0.2) is 0 Å². The Morgan fingerprint density at radius 1 is 1.44 bits per heavy atom. The number of aromatic nitrogens is 1. The third kappa shape index (κ3) is 3.04. The molecule has 3 nitrogen and oxygen atoms in total. The summed E-state index contributed by atoms with van der Waals surface area (Å²) in [6.07, 6.45) is 4.37. The van der Waals surface area contributed by atoms with Gasteiger partial charge in [-0.25, -0.2) is 4.98 Å². The van der Waals surface area contributed by atoms with Crippen LogP contribution in [0.5, 0.6) is 0 Å². The highest BCUT2D eigenvalue weighted by Gasteiger charge is 2.33. The summed E-state index contributed by atoms with van der Waals surface area (Å²) >= 11 is 3.45. The molecule has 2 N–H and O–H groups in total. The summed E-state index contributed by atoms with van der Waals surface area (Å²) in [6, 6.07) is 3.97. The molecule has 1 heterocycles. The second-order valence-electron chi connectivity index (χ2n) is 5.51. The highest BCUT2D eigenvalue weighted by atomic mass is 79.9. The zero-order valence-corrected chi connectivity index (χ0v) is 12.6. The standard InChI is InChI=1S/C14H21BrN2O/c1-10-5-7-14(9-18,8-6-10)17-13-4-3-12(15)11(2)16-13/h3-4,10,18H,5-9H2,1-2H3,(H,16,17). The molecule has 0 atom stereocenters. The van der Waals surface area contributed by atoms with Crippen molar-refractivity contribution in [3.8, 4) is 0 Å². The molecule has 100 valence electrons. The molecule has 2 rings (SSSR count). The van der Waals surface area contributed by atoms with Gasteiger partial charge in [-0.3, -0.25) is 0 Å². The molecule has 0 radical (unpaired) electrons. The number of aryl methyl sites for hydroxylation is 1. The predicted octanol–water partition coefficient (Wildman–Crippen LogP) is 3.51. The maximum Gasteiger partial charge on any atom is 0.126 e. The van der Waals surface area contributed by atoms with Crippen LogP contribution in [-0.4, -0.2) is 22.2 Å². The van der Waals surface area contributed by atoms with Crippen molar-refractivity contribution >= 4 is 21.7 Å². The largest absolute Gasteiger partial charge is 0.394 e. The number of aliphatic hydroxyl groups is 1. The molecule has 0 aromatic carbocycles. The van der Waals surface area contributed by atoms with E-state index >= 15 is 0 Å². The number of hydrogen-bond donors (Lipinski definition) is 2. The van der Waals surface area contributed by atoms with E-state index in [0.29, 0.717) is 0 Å². The van der Waals surface area contributed by atoms with E-state index in [1.807, 2.05) is 19.1 Å². The first-order valence-electron chi connectivity index (χ1n) is 6.57. The zero-order valence-electron chi connectivity index (χ0n) is 11.0. The van der Waals surface area contributed by atoms with Crippen molar-refractivity contribution in [2.45, 2.75) is 45.1 Å². The number of anilines is 1. The van der Waals surface area contributed by atoms with Crippen molar-refractivity contribution in [3.05, 3.63) is 22.3 Å². The van der Waals surface area contributed by atoms with Gasteiger partial charge in [0.25, 0.3) is 0 Å². The summed E-state index contributed by atoms with van der Waals surface area (Å²) < 4.78 is 1.02. The minimum atomic E-state index is -0.181. The molecule has 0 unspecified atom stereocenters. The molecule has 1 fully saturated rings. The van der Waals surface area contributed by atoms with Crippen LogP contribution >= 0.6 is 15.9 Å². The SMILES string of the molecule is Cc1nc(NC2(CO)CCC(C)CC2)ccc1Br. The molecule has 1 saturated carbocycles. The number of rotatable bonds is 3. The van der Waals surface area contributed by atoms with Gasteiger partial charge < -0.3 is 10.4 Å². The third-order valence-corrected chi connectivity index (χ3v) is 4.79. The van der Waals surface area contributed by atoms with Crippen LogP contribution in [0.1, 0.15) is 38.3 Å². The molecule has 0 saturated heterocycles. The molecule has 0 bridgehead atoms. The highest BCUT2D eigenvalue weighted by molar-refractivity contribution is 9.10. The van der Waals surface area contributed by atoms with Gasteiger partial charge in [-0.05, 0) is 66.6 Å². The Kier molecular flexibility index (Phi) is 4.28. The molecule has 4 heteroatoms. The van der Waals surface area contributed by atoms with Gasteiger partial charge in [0, 0.05) is 4.47 Å². The topological polar surface area (TPSA) is 45.2 Å². The van der Waals surface area contributed by atoms with E-state index < -0.39 is 0 Å². The van der Waals surface area contributed by atoms with Crippen LogP contribution in [0.25, 0.3) is 0 Å². The van der Waals surface area contributed by atoms with Crippen LogP contribution in [-0.2, 0) is 0 Å².